The number of benzene rings is 1. The maximum Gasteiger partial charge on any atom is 0.410 e. The van der Waals surface area contributed by atoms with Crippen LogP contribution in [-0.2, 0) is 11.3 Å². The molecule has 1 aliphatic rings. The van der Waals surface area contributed by atoms with Gasteiger partial charge in [0.1, 0.15) is 11.4 Å². The average Bonchev–Trinajstić information content (AvgIpc) is 3.15. The standard InChI is InChI=1S/C22H30FN5O3/c1-5-7-18-14-26(21(30)31-22(2,3)4)10-11-28(18)20(29)19-15-27(25-24-19)13-16-8-6-9-17(23)12-16/h6,8-9,12,15,18H,5,7,10-11,13-14H2,1-4H3/t18-/m1/s1. The molecular formula is C22H30FN5O3. The number of nitrogens with zero attached hydrogens (tertiary/aromatic N) is 5. The van der Waals surface area contributed by atoms with Gasteiger partial charge in [0.25, 0.3) is 5.91 Å². The molecule has 1 fully saturated rings. The normalized spacial score (nSPS) is 17.0. The zero-order valence-electron chi connectivity index (χ0n) is 18.5. The number of rotatable bonds is 5. The van der Waals surface area contributed by atoms with Crippen LogP contribution in [0.15, 0.2) is 30.5 Å². The summed E-state index contributed by atoms with van der Waals surface area (Å²) in [6.07, 6.45) is 2.86. The van der Waals surface area contributed by atoms with Crippen LogP contribution in [0.3, 0.4) is 0 Å². The van der Waals surface area contributed by atoms with E-state index in [-0.39, 0.29) is 29.6 Å². The van der Waals surface area contributed by atoms with Crippen molar-refractivity contribution in [3.05, 3.63) is 47.5 Å². The van der Waals surface area contributed by atoms with Gasteiger partial charge in [0.15, 0.2) is 5.69 Å². The van der Waals surface area contributed by atoms with E-state index in [2.05, 4.69) is 10.3 Å². The van der Waals surface area contributed by atoms with Crippen molar-refractivity contribution in [2.45, 2.75) is 58.7 Å². The van der Waals surface area contributed by atoms with Gasteiger partial charge in [0.05, 0.1) is 12.7 Å². The first-order valence-electron chi connectivity index (χ1n) is 10.6. The molecule has 1 aromatic carbocycles. The number of ether oxygens (including phenoxy) is 1. The minimum absolute atomic E-state index is 0.118. The molecule has 2 aromatic rings. The maximum atomic E-state index is 13.4. The summed E-state index contributed by atoms with van der Waals surface area (Å²) in [6.45, 7) is 9.10. The summed E-state index contributed by atoms with van der Waals surface area (Å²) in [5.41, 5.74) is 0.409. The second-order valence-electron chi connectivity index (χ2n) is 8.80. The van der Waals surface area contributed by atoms with Gasteiger partial charge < -0.3 is 14.5 Å². The number of piperazine rings is 1. The predicted molar refractivity (Wildman–Crippen MR) is 113 cm³/mol. The molecule has 1 saturated heterocycles. The Morgan fingerprint density at radius 1 is 1.26 bits per heavy atom. The van der Waals surface area contributed by atoms with E-state index in [1.54, 1.807) is 28.1 Å². The molecule has 0 N–H and O–H groups in total. The fraction of sp³-hybridized carbons (Fsp3) is 0.545. The van der Waals surface area contributed by atoms with E-state index in [9.17, 15) is 14.0 Å². The molecule has 1 atom stereocenters. The van der Waals surface area contributed by atoms with Crippen molar-refractivity contribution in [3.63, 3.8) is 0 Å². The molecule has 8 nitrogen and oxygen atoms in total. The Balaban J connectivity index is 1.68. The smallest absolute Gasteiger partial charge is 0.410 e. The molecule has 0 saturated carbocycles. The molecule has 2 amide bonds. The molecular weight excluding hydrogens is 401 g/mol. The molecule has 0 radical (unpaired) electrons. The van der Waals surface area contributed by atoms with Crippen molar-refractivity contribution in [1.82, 2.24) is 24.8 Å². The lowest BCUT2D eigenvalue weighted by molar-refractivity contribution is 0.00328. The molecule has 0 aliphatic carbocycles. The summed E-state index contributed by atoms with van der Waals surface area (Å²) >= 11 is 0. The Morgan fingerprint density at radius 3 is 2.71 bits per heavy atom. The minimum atomic E-state index is -0.565. The molecule has 9 heteroatoms. The zero-order valence-corrected chi connectivity index (χ0v) is 18.5. The van der Waals surface area contributed by atoms with E-state index >= 15 is 0 Å². The van der Waals surface area contributed by atoms with Crippen LogP contribution in [0, 0.1) is 5.82 Å². The minimum Gasteiger partial charge on any atom is -0.444 e. The number of hydrogen-bond acceptors (Lipinski definition) is 5. The lowest BCUT2D eigenvalue weighted by Crippen LogP contribution is -2.57. The van der Waals surface area contributed by atoms with E-state index in [0.29, 0.717) is 26.2 Å². The second-order valence-corrected chi connectivity index (χ2v) is 8.80. The quantitative estimate of drug-likeness (QED) is 0.726. The molecule has 31 heavy (non-hydrogen) atoms. The van der Waals surface area contributed by atoms with Gasteiger partial charge in [0.2, 0.25) is 0 Å². The van der Waals surface area contributed by atoms with Crippen LogP contribution in [0.1, 0.15) is 56.6 Å². The Kier molecular flexibility index (Phi) is 6.92. The van der Waals surface area contributed by atoms with Crippen LogP contribution in [0.4, 0.5) is 9.18 Å². The van der Waals surface area contributed by atoms with Crippen LogP contribution in [-0.4, -0.2) is 68.1 Å². The summed E-state index contributed by atoms with van der Waals surface area (Å²) in [5.74, 6) is -0.535. The Labute approximate surface area is 182 Å². The highest BCUT2D eigenvalue weighted by atomic mass is 19.1. The number of halogens is 1. The van der Waals surface area contributed by atoms with Crippen LogP contribution in [0.5, 0.6) is 0 Å². The number of amides is 2. The Bertz CT molecular complexity index is 924. The van der Waals surface area contributed by atoms with Gasteiger partial charge in [-0.1, -0.05) is 30.7 Å². The van der Waals surface area contributed by atoms with Crippen LogP contribution < -0.4 is 0 Å². The second kappa shape index (κ2) is 9.45. The van der Waals surface area contributed by atoms with Crippen LogP contribution >= 0.6 is 0 Å². The van der Waals surface area contributed by atoms with Gasteiger partial charge in [-0.05, 0) is 44.9 Å². The number of carbonyl (C=O) groups is 2. The maximum absolute atomic E-state index is 13.4. The van der Waals surface area contributed by atoms with Gasteiger partial charge in [-0.25, -0.2) is 13.9 Å². The first kappa shape index (κ1) is 22.7. The summed E-state index contributed by atoms with van der Waals surface area (Å²) in [6, 6.07) is 6.11. The highest BCUT2D eigenvalue weighted by Gasteiger charge is 2.35. The molecule has 168 valence electrons. The molecule has 0 unspecified atom stereocenters. The van der Waals surface area contributed by atoms with Crippen molar-refractivity contribution >= 4 is 12.0 Å². The van der Waals surface area contributed by atoms with Gasteiger partial charge in [-0.2, -0.15) is 0 Å². The topological polar surface area (TPSA) is 80.6 Å². The lowest BCUT2D eigenvalue weighted by Gasteiger charge is -2.41. The van der Waals surface area contributed by atoms with E-state index in [1.807, 2.05) is 27.7 Å². The lowest BCUT2D eigenvalue weighted by atomic mass is 10.1. The Morgan fingerprint density at radius 2 is 2.03 bits per heavy atom. The Hall–Kier alpha value is -2.97. The SMILES string of the molecule is CCC[C@@H]1CN(C(=O)OC(C)(C)C)CCN1C(=O)c1cn(Cc2cccc(F)c2)nn1. The summed E-state index contributed by atoms with van der Waals surface area (Å²) in [5, 5.41) is 8.05. The average molecular weight is 432 g/mol. The molecule has 1 aliphatic heterocycles. The third kappa shape index (κ3) is 6.02. The largest absolute Gasteiger partial charge is 0.444 e. The van der Waals surface area contributed by atoms with Crippen molar-refractivity contribution in [3.8, 4) is 0 Å². The fourth-order valence-corrected chi connectivity index (χ4v) is 3.64. The van der Waals surface area contributed by atoms with Crippen molar-refractivity contribution in [2.24, 2.45) is 0 Å². The van der Waals surface area contributed by atoms with Crippen LogP contribution in [0.25, 0.3) is 0 Å². The summed E-state index contributed by atoms with van der Waals surface area (Å²) in [4.78, 5) is 29.0. The van der Waals surface area contributed by atoms with E-state index in [4.69, 9.17) is 4.74 Å². The van der Waals surface area contributed by atoms with E-state index in [1.165, 1.54) is 16.8 Å². The monoisotopic (exact) mass is 431 g/mol. The number of hydrogen-bond donors (Lipinski definition) is 0. The summed E-state index contributed by atoms with van der Waals surface area (Å²) < 4.78 is 20.4. The highest BCUT2D eigenvalue weighted by Crippen LogP contribution is 2.20. The van der Waals surface area contributed by atoms with Gasteiger partial charge >= 0.3 is 6.09 Å². The highest BCUT2D eigenvalue weighted by molar-refractivity contribution is 5.92. The third-order valence-corrected chi connectivity index (χ3v) is 5.01. The summed E-state index contributed by atoms with van der Waals surface area (Å²) in [7, 11) is 0. The van der Waals surface area contributed by atoms with Gasteiger partial charge in [0, 0.05) is 25.7 Å². The fourth-order valence-electron chi connectivity index (χ4n) is 3.64. The first-order chi connectivity index (χ1) is 14.7. The first-order valence-corrected chi connectivity index (χ1v) is 10.6. The van der Waals surface area contributed by atoms with Crippen molar-refractivity contribution in [2.75, 3.05) is 19.6 Å². The van der Waals surface area contributed by atoms with Crippen molar-refractivity contribution < 1.29 is 18.7 Å². The van der Waals surface area contributed by atoms with Gasteiger partial charge in [-0.3, -0.25) is 4.79 Å². The number of carbonyl (C=O) groups excluding carboxylic acids is 2. The zero-order chi connectivity index (χ0) is 22.6. The predicted octanol–water partition coefficient (Wildman–Crippen LogP) is 3.33. The van der Waals surface area contributed by atoms with E-state index < -0.39 is 5.60 Å². The molecule has 0 bridgehead atoms. The van der Waals surface area contributed by atoms with Crippen LogP contribution in [0.2, 0.25) is 0 Å². The van der Waals surface area contributed by atoms with Crippen molar-refractivity contribution in [1.29, 1.82) is 0 Å². The molecule has 1 aromatic heterocycles. The molecule has 3 rings (SSSR count). The van der Waals surface area contributed by atoms with E-state index in [0.717, 1.165) is 18.4 Å². The van der Waals surface area contributed by atoms with Gasteiger partial charge in [-0.15, -0.1) is 5.10 Å². The third-order valence-electron chi connectivity index (χ3n) is 5.01. The molecule has 0 spiro atoms. The molecule has 2 heterocycles. The number of aromatic nitrogens is 3.